The number of ether oxygens (including phenoxy) is 1. The van der Waals surface area contributed by atoms with E-state index in [2.05, 4.69) is 0 Å². The number of nitro groups is 1. The van der Waals surface area contributed by atoms with E-state index in [9.17, 15) is 23.3 Å². The monoisotopic (exact) mass is 419 g/mol. The van der Waals surface area contributed by atoms with E-state index in [0.29, 0.717) is 11.3 Å². The number of rotatable bonds is 5. The molecule has 1 heterocycles. The van der Waals surface area contributed by atoms with Crippen molar-refractivity contribution in [3.63, 3.8) is 0 Å². The van der Waals surface area contributed by atoms with E-state index >= 15 is 0 Å². The minimum Gasteiger partial charge on any atom is -0.497 e. The summed E-state index contributed by atoms with van der Waals surface area (Å²) in [6.45, 7) is 2.10. The molecule has 9 nitrogen and oxygen atoms in total. The van der Waals surface area contributed by atoms with Crippen LogP contribution in [0.15, 0.2) is 47.4 Å². The first-order valence-electron chi connectivity index (χ1n) is 8.93. The largest absolute Gasteiger partial charge is 0.497 e. The van der Waals surface area contributed by atoms with Crippen LogP contribution in [-0.2, 0) is 10.0 Å². The summed E-state index contributed by atoms with van der Waals surface area (Å²) in [5.41, 5.74) is 0.203. The summed E-state index contributed by atoms with van der Waals surface area (Å²) >= 11 is 0. The maximum Gasteiger partial charge on any atom is 0.285 e. The fourth-order valence-corrected chi connectivity index (χ4v) is 4.69. The Morgan fingerprint density at radius 3 is 2.24 bits per heavy atom. The Balaban J connectivity index is 1.74. The lowest BCUT2D eigenvalue weighted by Gasteiger charge is -2.34. The maximum absolute atomic E-state index is 12.8. The van der Waals surface area contributed by atoms with Crippen LogP contribution in [0.5, 0.6) is 5.75 Å². The molecule has 0 aromatic heterocycles. The zero-order valence-corrected chi connectivity index (χ0v) is 16.9. The van der Waals surface area contributed by atoms with Crippen molar-refractivity contribution in [3.8, 4) is 5.75 Å². The molecular weight excluding hydrogens is 398 g/mol. The van der Waals surface area contributed by atoms with Gasteiger partial charge in [-0.1, -0.05) is 12.1 Å². The average Bonchev–Trinajstić information content (AvgIpc) is 2.73. The highest BCUT2D eigenvalue weighted by Crippen LogP contribution is 2.26. The number of amides is 1. The Hall–Kier alpha value is -2.98. The Kier molecular flexibility index (Phi) is 5.85. The summed E-state index contributed by atoms with van der Waals surface area (Å²) in [5, 5.41) is 11.4. The number of hydrogen-bond donors (Lipinski definition) is 0. The third-order valence-corrected chi connectivity index (χ3v) is 6.79. The molecule has 2 aromatic rings. The van der Waals surface area contributed by atoms with Gasteiger partial charge in [0.1, 0.15) is 11.3 Å². The van der Waals surface area contributed by atoms with Gasteiger partial charge < -0.3 is 9.64 Å². The molecular formula is C19H21N3O6S. The van der Waals surface area contributed by atoms with Gasteiger partial charge in [0.05, 0.1) is 16.9 Å². The molecule has 10 heteroatoms. The van der Waals surface area contributed by atoms with Gasteiger partial charge in [-0.3, -0.25) is 14.9 Å². The number of nitro benzene ring substituents is 1. The smallest absolute Gasteiger partial charge is 0.285 e. The van der Waals surface area contributed by atoms with E-state index in [-0.39, 0.29) is 42.3 Å². The number of nitrogens with zero attached hydrogens (tertiary/aromatic N) is 3. The summed E-state index contributed by atoms with van der Waals surface area (Å²) in [7, 11) is -2.20. The lowest BCUT2D eigenvalue weighted by atomic mass is 10.1. The first-order valence-corrected chi connectivity index (χ1v) is 10.4. The van der Waals surface area contributed by atoms with Crippen molar-refractivity contribution >= 4 is 21.6 Å². The van der Waals surface area contributed by atoms with Crippen LogP contribution in [0.3, 0.4) is 0 Å². The average molecular weight is 419 g/mol. The number of hydrogen-bond acceptors (Lipinski definition) is 6. The van der Waals surface area contributed by atoms with Gasteiger partial charge in [0, 0.05) is 31.7 Å². The summed E-state index contributed by atoms with van der Waals surface area (Å²) in [5.74, 6) is 0.0843. The lowest BCUT2D eigenvalue weighted by Crippen LogP contribution is -2.50. The SMILES string of the molecule is COc1ccc(S(=O)(=O)N2CCN(C(=O)c3cccc(C)c3[N+](=O)[O-])CC2)cc1. The predicted octanol–water partition coefficient (Wildman–Crippen LogP) is 2.06. The normalized spacial score (nSPS) is 15.2. The quantitative estimate of drug-likeness (QED) is 0.542. The van der Waals surface area contributed by atoms with Crippen LogP contribution in [0.1, 0.15) is 15.9 Å². The second-order valence-electron chi connectivity index (χ2n) is 6.60. The van der Waals surface area contributed by atoms with Gasteiger partial charge in [-0.2, -0.15) is 4.31 Å². The van der Waals surface area contributed by atoms with Crippen molar-refractivity contribution in [2.75, 3.05) is 33.3 Å². The second-order valence-corrected chi connectivity index (χ2v) is 8.54. The maximum atomic E-state index is 12.8. The van der Waals surface area contributed by atoms with Gasteiger partial charge in [0.25, 0.3) is 11.6 Å². The van der Waals surface area contributed by atoms with Gasteiger partial charge in [-0.05, 0) is 37.3 Å². The van der Waals surface area contributed by atoms with Crippen molar-refractivity contribution in [2.24, 2.45) is 0 Å². The van der Waals surface area contributed by atoms with E-state index in [1.54, 1.807) is 31.2 Å². The number of carbonyl (C=O) groups excluding carboxylic acids is 1. The minimum atomic E-state index is -3.70. The van der Waals surface area contributed by atoms with E-state index in [0.717, 1.165) is 0 Å². The molecule has 0 saturated carbocycles. The molecule has 0 unspecified atom stereocenters. The summed E-state index contributed by atoms with van der Waals surface area (Å²) < 4.78 is 32.0. The number of aryl methyl sites for hydroxylation is 1. The standard InChI is InChI=1S/C19H21N3O6S/c1-14-4-3-5-17(18(14)22(24)25)19(23)20-10-12-21(13-11-20)29(26,27)16-8-6-15(28-2)7-9-16/h3-9H,10-13H2,1-2H3. The molecule has 0 aliphatic carbocycles. The molecule has 1 amide bonds. The summed E-state index contributed by atoms with van der Waals surface area (Å²) in [4.78, 5) is 25.2. The number of benzene rings is 2. The topological polar surface area (TPSA) is 110 Å². The van der Waals surface area contributed by atoms with Crippen LogP contribution in [0, 0.1) is 17.0 Å². The Morgan fingerprint density at radius 1 is 1.07 bits per heavy atom. The number of piperazine rings is 1. The predicted molar refractivity (Wildman–Crippen MR) is 105 cm³/mol. The van der Waals surface area contributed by atoms with Crippen molar-refractivity contribution in [1.29, 1.82) is 0 Å². The molecule has 0 spiro atoms. The van der Waals surface area contributed by atoms with Gasteiger partial charge in [0.2, 0.25) is 10.0 Å². The molecule has 1 saturated heterocycles. The van der Waals surface area contributed by atoms with E-state index < -0.39 is 20.9 Å². The fraction of sp³-hybridized carbons (Fsp3) is 0.316. The molecule has 0 bridgehead atoms. The van der Waals surface area contributed by atoms with Crippen LogP contribution in [0.2, 0.25) is 0 Å². The van der Waals surface area contributed by atoms with Gasteiger partial charge >= 0.3 is 0 Å². The first kappa shape index (κ1) is 20.7. The van der Waals surface area contributed by atoms with Crippen LogP contribution >= 0.6 is 0 Å². The number of para-hydroxylation sites is 1. The van der Waals surface area contributed by atoms with E-state index in [4.69, 9.17) is 4.74 Å². The molecule has 1 aliphatic rings. The molecule has 29 heavy (non-hydrogen) atoms. The van der Waals surface area contributed by atoms with Gasteiger partial charge in [0.15, 0.2) is 0 Å². The Bertz CT molecular complexity index is 1030. The number of carbonyl (C=O) groups is 1. The summed E-state index contributed by atoms with van der Waals surface area (Å²) in [6, 6.07) is 10.7. The summed E-state index contributed by atoms with van der Waals surface area (Å²) in [6.07, 6.45) is 0. The molecule has 1 fully saturated rings. The molecule has 0 atom stereocenters. The molecule has 0 N–H and O–H groups in total. The molecule has 3 rings (SSSR count). The third kappa shape index (κ3) is 4.08. The second kappa shape index (κ2) is 8.18. The molecule has 0 radical (unpaired) electrons. The zero-order valence-electron chi connectivity index (χ0n) is 16.1. The number of sulfonamides is 1. The van der Waals surface area contributed by atoms with Gasteiger partial charge in [-0.25, -0.2) is 8.42 Å². The number of methoxy groups -OCH3 is 1. The fourth-order valence-electron chi connectivity index (χ4n) is 3.27. The highest BCUT2D eigenvalue weighted by molar-refractivity contribution is 7.89. The van der Waals surface area contributed by atoms with E-state index in [1.165, 1.54) is 34.5 Å². The Morgan fingerprint density at radius 2 is 1.69 bits per heavy atom. The van der Waals surface area contributed by atoms with Crippen molar-refractivity contribution < 1.29 is 22.9 Å². The van der Waals surface area contributed by atoms with Gasteiger partial charge in [-0.15, -0.1) is 0 Å². The lowest BCUT2D eigenvalue weighted by molar-refractivity contribution is -0.385. The minimum absolute atomic E-state index is 0.0152. The third-order valence-electron chi connectivity index (χ3n) is 4.87. The van der Waals surface area contributed by atoms with Crippen LogP contribution in [-0.4, -0.2) is 61.7 Å². The zero-order chi connectivity index (χ0) is 21.2. The van der Waals surface area contributed by atoms with Crippen molar-refractivity contribution in [3.05, 3.63) is 63.7 Å². The van der Waals surface area contributed by atoms with E-state index in [1.807, 2.05) is 0 Å². The van der Waals surface area contributed by atoms with Crippen molar-refractivity contribution in [1.82, 2.24) is 9.21 Å². The van der Waals surface area contributed by atoms with Crippen molar-refractivity contribution in [2.45, 2.75) is 11.8 Å². The molecule has 2 aromatic carbocycles. The molecule has 1 aliphatic heterocycles. The van der Waals surface area contributed by atoms with Crippen LogP contribution in [0.4, 0.5) is 5.69 Å². The van der Waals surface area contributed by atoms with Crippen LogP contribution < -0.4 is 4.74 Å². The highest BCUT2D eigenvalue weighted by Gasteiger charge is 2.32. The van der Waals surface area contributed by atoms with Crippen LogP contribution in [0.25, 0.3) is 0 Å². The first-order chi connectivity index (χ1) is 13.8. The Labute approximate surface area is 168 Å². The molecule has 154 valence electrons. The highest BCUT2D eigenvalue weighted by atomic mass is 32.2.